The van der Waals surface area contributed by atoms with Gasteiger partial charge in [-0.05, 0) is 37.7 Å². The highest BCUT2D eigenvalue weighted by molar-refractivity contribution is 6.44. The normalized spacial score (nSPS) is 18.6. The molecule has 1 saturated heterocycles. The zero-order valence-electron chi connectivity index (χ0n) is 13.0. The lowest BCUT2D eigenvalue weighted by Crippen LogP contribution is -2.34. The number of hydrogen-bond donors (Lipinski definition) is 0. The zero-order chi connectivity index (χ0) is 16.2. The predicted octanol–water partition coefficient (Wildman–Crippen LogP) is 2.87. The van der Waals surface area contributed by atoms with Crippen molar-refractivity contribution in [1.29, 1.82) is 0 Å². The second kappa shape index (κ2) is 6.77. The first kappa shape index (κ1) is 15.5. The van der Waals surface area contributed by atoms with Crippen molar-refractivity contribution in [2.24, 2.45) is 0 Å². The van der Waals surface area contributed by atoms with Crippen LogP contribution in [0, 0.1) is 0 Å². The topological polar surface area (TPSA) is 57.7 Å². The number of carbonyl (C=O) groups is 3. The van der Waals surface area contributed by atoms with Crippen LogP contribution in [0.4, 0.5) is 4.79 Å². The van der Waals surface area contributed by atoms with Gasteiger partial charge in [0, 0.05) is 6.54 Å². The van der Waals surface area contributed by atoms with Crippen molar-refractivity contribution in [3.05, 3.63) is 47.5 Å². The van der Waals surface area contributed by atoms with E-state index in [0.717, 1.165) is 34.6 Å². The first-order chi connectivity index (χ1) is 11.2. The van der Waals surface area contributed by atoms with Crippen molar-refractivity contribution >= 4 is 17.8 Å². The van der Waals surface area contributed by atoms with E-state index >= 15 is 0 Å². The Labute approximate surface area is 135 Å². The quantitative estimate of drug-likeness (QED) is 0.477. The molecule has 1 aromatic rings. The molecule has 0 bridgehead atoms. The van der Waals surface area contributed by atoms with Gasteiger partial charge in [0.1, 0.15) is 0 Å². The molecule has 1 heterocycles. The molecule has 0 spiro atoms. The maximum absolute atomic E-state index is 12.4. The van der Waals surface area contributed by atoms with Crippen molar-refractivity contribution in [3.63, 3.8) is 0 Å². The molecule has 5 nitrogen and oxygen atoms in total. The highest BCUT2D eigenvalue weighted by Gasteiger charge is 2.43. The first-order valence-electron chi connectivity index (χ1n) is 8.06. The Bertz CT molecular complexity index is 651. The Kier molecular flexibility index (Phi) is 4.55. The number of amides is 4. The van der Waals surface area contributed by atoms with Crippen molar-refractivity contribution in [2.45, 2.75) is 38.6 Å². The summed E-state index contributed by atoms with van der Waals surface area (Å²) in [4.78, 5) is 38.7. The molecular weight excluding hydrogens is 292 g/mol. The van der Waals surface area contributed by atoms with Gasteiger partial charge in [0.2, 0.25) is 0 Å². The Morgan fingerprint density at radius 1 is 0.913 bits per heavy atom. The van der Waals surface area contributed by atoms with Crippen LogP contribution in [0.15, 0.2) is 42.0 Å². The maximum Gasteiger partial charge on any atom is 0.334 e. The van der Waals surface area contributed by atoms with Gasteiger partial charge in [0.15, 0.2) is 0 Å². The van der Waals surface area contributed by atoms with Crippen LogP contribution < -0.4 is 0 Å². The van der Waals surface area contributed by atoms with Crippen LogP contribution in [0.3, 0.4) is 0 Å². The van der Waals surface area contributed by atoms with Crippen LogP contribution in [0.1, 0.15) is 37.7 Å². The molecule has 0 radical (unpaired) electrons. The number of benzene rings is 1. The van der Waals surface area contributed by atoms with Crippen LogP contribution in [-0.4, -0.2) is 34.2 Å². The number of allylic oxidation sites excluding steroid dienone is 1. The number of carbonyl (C=O) groups excluding carboxylic acids is 3. The van der Waals surface area contributed by atoms with Gasteiger partial charge in [-0.25, -0.2) is 4.79 Å². The molecular formula is C18H20N2O3. The van der Waals surface area contributed by atoms with Gasteiger partial charge in [-0.1, -0.05) is 42.0 Å². The molecule has 4 amide bonds. The number of nitrogens with zero attached hydrogens (tertiary/aromatic N) is 2. The third-order valence-corrected chi connectivity index (χ3v) is 4.36. The fourth-order valence-corrected chi connectivity index (χ4v) is 3.04. The van der Waals surface area contributed by atoms with Crippen molar-refractivity contribution < 1.29 is 14.4 Å². The van der Waals surface area contributed by atoms with Gasteiger partial charge in [-0.15, -0.1) is 0 Å². The fourth-order valence-electron chi connectivity index (χ4n) is 3.04. The third-order valence-electron chi connectivity index (χ3n) is 4.36. The van der Waals surface area contributed by atoms with E-state index < -0.39 is 17.8 Å². The highest BCUT2D eigenvalue weighted by atomic mass is 16.2. The van der Waals surface area contributed by atoms with Crippen molar-refractivity contribution in [2.75, 3.05) is 6.54 Å². The summed E-state index contributed by atoms with van der Waals surface area (Å²) in [7, 11) is 0. The average molecular weight is 312 g/mol. The molecule has 5 heteroatoms. The van der Waals surface area contributed by atoms with Gasteiger partial charge in [0.05, 0.1) is 6.54 Å². The van der Waals surface area contributed by atoms with E-state index in [1.165, 1.54) is 12.0 Å². The molecule has 1 aromatic carbocycles. The minimum absolute atomic E-state index is 0.142. The SMILES string of the molecule is O=C1C(=O)N(Cc2ccccc2)C(=O)N1CCC1=CCCCC1. The van der Waals surface area contributed by atoms with Gasteiger partial charge in [0.25, 0.3) is 0 Å². The zero-order valence-corrected chi connectivity index (χ0v) is 13.0. The van der Waals surface area contributed by atoms with Crippen LogP contribution in [0.2, 0.25) is 0 Å². The Morgan fingerprint density at radius 3 is 2.35 bits per heavy atom. The van der Waals surface area contributed by atoms with E-state index in [4.69, 9.17) is 0 Å². The Morgan fingerprint density at radius 2 is 1.65 bits per heavy atom. The predicted molar refractivity (Wildman–Crippen MR) is 85.3 cm³/mol. The molecule has 0 saturated carbocycles. The molecule has 23 heavy (non-hydrogen) atoms. The molecule has 0 unspecified atom stereocenters. The lowest BCUT2D eigenvalue weighted by molar-refractivity contribution is -0.143. The summed E-state index contributed by atoms with van der Waals surface area (Å²) in [5, 5.41) is 0. The molecule has 1 aliphatic heterocycles. The largest absolute Gasteiger partial charge is 0.334 e. The van der Waals surface area contributed by atoms with Gasteiger partial charge in [-0.3, -0.25) is 19.4 Å². The van der Waals surface area contributed by atoms with E-state index in [9.17, 15) is 14.4 Å². The standard InChI is InChI=1S/C18H20N2O3/c21-16-17(22)20(13-15-9-5-2-6-10-15)18(23)19(16)12-11-14-7-3-1-4-8-14/h2,5-7,9-10H,1,3-4,8,11-13H2. The second-order valence-electron chi connectivity index (χ2n) is 5.97. The van der Waals surface area contributed by atoms with Crippen LogP contribution >= 0.6 is 0 Å². The first-order valence-corrected chi connectivity index (χ1v) is 8.06. The van der Waals surface area contributed by atoms with E-state index in [2.05, 4.69) is 6.08 Å². The summed E-state index contributed by atoms with van der Waals surface area (Å²) in [5.41, 5.74) is 2.12. The lowest BCUT2D eigenvalue weighted by Gasteiger charge is -2.17. The lowest BCUT2D eigenvalue weighted by atomic mass is 9.97. The van der Waals surface area contributed by atoms with E-state index in [0.29, 0.717) is 13.0 Å². The van der Waals surface area contributed by atoms with E-state index in [-0.39, 0.29) is 6.54 Å². The summed E-state index contributed by atoms with van der Waals surface area (Å²) < 4.78 is 0. The van der Waals surface area contributed by atoms with Crippen LogP contribution in [0.5, 0.6) is 0 Å². The number of hydrogen-bond acceptors (Lipinski definition) is 3. The van der Waals surface area contributed by atoms with Crippen LogP contribution in [-0.2, 0) is 16.1 Å². The smallest absolute Gasteiger partial charge is 0.263 e. The molecule has 3 rings (SSSR count). The number of rotatable bonds is 5. The van der Waals surface area contributed by atoms with Crippen LogP contribution in [0.25, 0.3) is 0 Å². The molecule has 120 valence electrons. The third kappa shape index (κ3) is 3.33. The summed E-state index contributed by atoms with van der Waals surface area (Å²) >= 11 is 0. The van der Waals surface area contributed by atoms with Crippen molar-refractivity contribution in [1.82, 2.24) is 9.80 Å². The molecule has 1 fully saturated rings. The fraction of sp³-hybridized carbons (Fsp3) is 0.389. The molecule has 1 aliphatic carbocycles. The minimum atomic E-state index is -0.725. The molecule has 0 atom stereocenters. The summed E-state index contributed by atoms with van der Waals surface area (Å²) in [6.07, 6.45) is 7.32. The van der Waals surface area contributed by atoms with Gasteiger partial charge < -0.3 is 0 Å². The monoisotopic (exact) mass is 312 g/mol. The van der Waals surface area contributed by atoms with Crippen molar-refractivity contribution in [3.8, 4) is 0 Å². The molecule has 2 aliphatic rings. The van der Waals surface area contributed by atoms with Gasteiger partial charge in [-0.2, -0.15) is 0 Å². The molecule has 0 N–H and O–H groups in total. The van der Waals surface area contributed by atoms with E-state index in [1.54, 1.807) is 0 Å². The second-order valence-corrected chi connectivity index (χ2v) is 5.97. The summed E-state index contributed by atoms with van der Waals surface area (Å²) in [5.74, 6) is -1.43. The minimum Gasteiger partial charge on any atom is -0.263 e. The Hall–Kier alpha value is -2.43. The number of urea groups is 1. The maximum atomic E-state index is 12.4. The summed E-state index contributed by atoms with van der Waals surface area (Å²) in [6, 6.07) is 8.72. The van der Waals surface area contributed by atoms with E-state index in [1.807, 2.05) is 30.3 Å². The summed E-state index contributed by atoms with van der Waals surface area (Å²) in [6.45, 7) is 0.434. The average Bonchev–Trinajstić information content (AvgIpc) is 2.79. The molecule has 0 aromatic heterocycles. The number of imide groups is 2. The van der Waals surface area contributed by atoms with Gasteiger partial charge >= 0.3 is 17.8 Å². The highest BCUT2D eigenvalue weighted by Crippen LogP contribution is 2.22. The Balaban J connectivity index is 1.65.